The average Bonchev–Trinajstić information content (AvgIpc) is 3.04. The normalized spacial score (nSPS) is 26.3. The Morgan fingerprint density at radius 3 is 2.13 bits per heavy atom. The van der Waals surface area contributed by atoms with Crippen molar-refractivity contribution in [3.63, 3.8) is 0 Å². The maximum atomic E-state index is 11.6. The summed E-state index contributed by atoms with van der Waals surface area (Å²) in [6, 6.07) is 0.541. The van der Waals surface area contributed by atoms with Crippen molar-refractivity contribution in [3.05, 3.63) is 0 Å². The second-order valence-electron chi connectivity index (χ2n) is 5.09. The van der Waals surface area contributed by atoms with Crippen LogP contribution in [0.1, 0.15) is 51.4 Å². The zero-order chi connectivity index (χ0) is 10.9. The SMILES string of the molecule is CN(C1CC1)C1(C(=O)O)CCCCCC1. The van der Waals surface area contributed by atoms with E-state index < -0.39 is 11.5 Å². The highest BCUT2D eigenvalue weighted by atomic mass is 16.4. The molecule has 2 fully saturated rings. The van der Waals surface area contributed by atoms with E-state index in [-0.39, 0.29) is 0 Å². The molecular weight excluding hydrogens is 190 g/mol. The summed E-state index contributed by atoms with van der Waals surface area (Å²) in [7, 11) is 2.01. The molecular formula is C12H21NO2. The Morgan fingerprint density at radius 2 is 1.73 bits per heavy atom. The van der Waals surface area contributed by atoms with Crippen LogP contribution in [0.4, 0.5) is 0 Å². The summed E-state index contributed by atoms with van der Waals surface area (Å²) in [5.41, 5.74) is -0.544. The minimum Gasteiger partial charge on any atom is -0.480 e. The highest BCUT2D eigenvalue weighted by Crippen LogP contribution is 2.39. The van der Waals surface area contributed by atoms with Crippen LogP contribution >= 0.6 is 0 Å². The Kier molecular flexibility index (Phi) is 3.01. The Bertz CT molecular complexity index is 240. The third kappa shape index (κ3) is 2.03. The monoisotopic (exact) mass is 211 g/mol. The predicted molar refractivity (Wildman–Crippen MR) is 58.9 cm³/mol. The standard InChI is InChI=1S/C12H21NO2/c1-13(10-6-7-10)12(11(14)15)8-4-2-3-5-9-12/h10H,2-9H2,1H3,(H,14,15). The molecule has 2 aliphatic carbocycles. The number of carbonyl (C=O) groups is 1. The molecule has 1 N–H and O–H groups in total. The van der Waals surface area contributed by atoms with Crippen molar-refractivity contribution >= 4 is 5.97 Å². The van der Waals surface area contributed by atoms with Crippen LogP contribution in [-0.2, 0) is 4.79 Å². The lowest BCUT2D eigenvalue weighted by molar-refractivity contribution is -0.152. The first kappa shape index (κ1) is 10.9. The molecule has 0 heterocycles. The molecule has 0 saturated heterocycles. The van der Waals surface area contributed by atoms with Crippen LogP contribution in [0, 0.1) is 0 Å². The Balaban J connectivity index is 2.16. The van der Waals surface area contributed by atoms with E-state index in [2.05, 4.69) is 4.90 Å². The first-order chi connectivity index (χ1) is 7.17. The minimum absolute atomic E-state index is 0.541. The molecule has 0 amide bonds. The van der Waals surface area contributed by atoms with Gasteiger partial charge in [-0.2, -0.15) is 0 Å². The molecule has 0 atom stereocenters. The molecule has 2 aliphatic rings. The van der Waals surface area contributed by atoms with E-state index in [9.17, 15) is 9.90 Å². The fraction of sp³-hybridized carbons (Fsp3) is 0.917. The summed E-state index contributed by atoms with van der Waals surface area (Å²) >= 11 is 0. The highest BCUT2D eigenvalue weighted by molar-refractivity contribution is 5.79. The molecule has 86 valence electrons. The summed E-state index contributed by atoms with van der Waals surface area (Å²) < 4.78 is 0. The third-order valence-electron chi connectivity index (χ3n) is 4.10. The molecule has 0 unspecified atom stereocenters. The largest absolute Gasteiger partial charge is 0.480 e. The van der Waals surface area contributed by atoms with Gasteiger partial charge in [-0.25, -0.2) is 0 Å². The van der Waals surface area contributed by atoms with Gasteiger partial charge in [0.25, 0.3) is 0 Å². The molecule has 0 radical (unpaired) electrons. The molecule has 15 heavy (non-hydrogen) atoms. The quantitative estimate of drug-likeness (QED) is 0.728. The number of likely N-dealkylation sites (N-methyl/N-ethyl adjacent to an activating group) is 1. The van der Waals surface area contributed by atoms with E-state index in [1.165, 1.54) is 25.7 Å². The highest BCUT2D eigenvalue weighted by Gasteiger charge is 2.47. The first-order valence-corrected chi connectivity index (χ1v) is 6.13. The molecule has 2 rings (SSSR count). The summed E-state index contributed by atoms with van der Waals surface area (Å²) in [6.07, 6.45) is 8.61. The van der Waals surface area contributed by atoms with Gasteiger partial charge in [0.1, 0.15) is 5.54 Å². The fourth-order valence-electron chi connectivity index (χ4n) is 2.84. The molecule has 0 spiro atoms. The van der Waals surface area contributed by atoms with E-state index in [1.54, 1.807) is 0 Å². The Hall–Kier alpha value is -0.570. The topological polar surface area (TPSA) is 40.5 Å². The van der Waals surface area contributed by atoms with Crippen LogP contribution in [0.25, 0.3) is 0 Å². The van der Waals surface area contributed by atoms with Gasteiger partial charge < -0.3 is 5.11 Å². The van der Waals surface area contributed by atoms with Gasteiger partial charge in [0.05, 0.1) is 0 Å². The van der Waals surface area contributed by atoms with Crippen molar-refractivity contribution in [1.82, 2.24) is 4.90 Å². The van der Waals surface area contributed by atoms with Crippen molar-refractivity contribution in [2.24, 2.45) is 0 Å². The number of rotatable bonds is 3. The zero-order valence-electron chi connectivity index (χ0n) is 9.54. The third-order valence-corrected chi connectivity index (χ3v) is 4.10. The van der Waals surface area contributed by atoms with E-state index in [0.29, 0.717) is 6.04 Å². The van der Waals surface area contributed by atoms with Crippen LogP contribution < -0.4 is 0 Å². The van der Waals surface area contributed by atoms with Crippen LogP contribution in [0.2, 0.25) is 0 Å². The summed E-state index contributed by atoms with van der Waals surface area (Å²) in [6.45, 7) is 0. The zero-order valence-corrected chi connectivity index (χ0v) is 9.54. The van der Waals surface area contributed by atoms with Crippen molar-refractivity contribution in [1.29, 1.82) is 0 Å². The van der Waals surface area contributed by atoms with Crippen LogP contribution in [-0.4, -0.2) is 34.6 Å². The smallest absolute Gasteiger partial charge is 0.324 e. The lowest BCUT2D eigenvalue weighted by Gasteiger charge is -2.38. The number of hydrogen-bond acceptors (Lipinski definition) is 2. The van der Waals surface area contributed by atoms with Crippen molar-refractivity contribution < 1.29 is 9.90 Å². The van der Waals surface area contributed by atoms with Gasteiger partial charge in [-0.3, -0.25) is 9.69 Å². The summed E-state index contributed by atoms with van der Waals surface area (Å²) in [5, 5.41) is 9.52. The molecule has 2 saturated carbocycles. The van der Waals surface area contributed by atoms with E-state index >= 15 is 0 Å². The molecule has 0 bridgehead atoms. The number of aliphatic carboxylic acids is 1. The second kappa shape index (κ2) is 4.12. The molecule has 3 heteroatoms. The van der Waals surface area contributed by atoms with Gasteiger partial charge in [-0.15, -0.1) is 0 Å². The van der Waals surface area contributed by atoms with E-state index in [4.69, 9.17) is 0 Å². The first-order valence-electron chi connectivity index (χ1n) is 6.13. The van der Waals surface area contributed by atoms with Gasteiger partial charge in [0.15, 0.2) is 0 Å². The maximum Gasteiger partial charge on any atom is 0.324 e. The lowest BCUT2D eigenvalue weighted by Crippen LogP contribution is -2.53. The van der Waals surface area contributed by atoms with Crippen LogP contribution in [0.5, 0.6) is 0 Å². The molecule has 3 nitrogen and oxygen atoms in total. The average molecular weight is 211 g/mol. The van der Waals surface area contributed by atoms with E-state index in [1.807, 2.05) is 7.05 Å². The number of hydrogen-bond donors (Lipinski definition) is 1. The van der Waals surface area contributed by atoms with Gasteiger partial charge in [0.2, 0.25) is 0 Å². The van der Waals surface area contributed by atoms with Gasteiger partial charge in [-0.1, -0.05) is 25.7 Å². The molecule has 0 aromatic heterocycles. The predicted octanol–water partition coefficient (Wildman–Crippen LogP) is 2.26. The molecule has 0 aromatic rings. The lowest BCUT2D eigenvalue weighted by atomic mass is 9.88. The number of carboxylic acid groups (broad SMARTS) is 1. The Morgan fingerprint density at radius 1 is 1.20 bits per heavy atom. The van der Waals surface area contributed by atoms with Gasteiger partial charge in [-0.05, 0) is 32.7 Å². The minimum atomic E-state index is -0.598. The van der Waals surface area contributed by atoms with Crippen molar-refractivity contribution in [3.8, 4) is 0 Å². The van der Waals surface area contributed by atoms with Crippen molar-refractivity contribution in [2.75, 3.05) is 7.05 Å². The second-order valence-corrected chi connectivity index (χ2v) is 5.09. The van der Waals surface area contributed by atoms with Crippen LogP contribution in [0.3, 0.4) is 0 Å². The van der Waals surface area contributed by atoms with Crippen molar-refractivity contribution in [2.45, 2.75) is 62.9 Å². The Labute approximate surface area is 91.5 Å². The maximum absolute atomic E-state index is 11.6. The van der Waals surface area contributed by atoms with Gasteiger partial charge >= 0.3 is 5.97 Å². The molecule has 0 aliphatic heterocycles. The summed E-state index contributed by atoms with van der Waals surface area (Å²) in [4.78, 5) is 13.7. The molecule has 0 aromatic carbocycles. The summed E-state index contributed by atoms with van der Waals surface area (Å²) in [5.74, 6) is -0.598. The van der Waals surface area contributed by atoms with Crippen LogP contribution in [0.15, 0.2) is 0 Å². The number of carboxylic acids is 1. The van der Waals surface area contributed by atoms with E-state index in [0.717, 1.165) is 25.7 Å². The fourth-order valence-corrected chi connectivity index (χ4v) is 2.84. The number of nitrogens with zero attached hydrogens (tertiary/aromatic N) is 1. The van der Waals surface area contributed by atoms with Gasteiger partial charge in [0, 0.05) is 6.04 Å².